The van der Waals surface area contributed by atoms with Crippen LogP contribution in [0.4, 0.5) is 5.69 Å². The molecule has 1 aromatic heterocycles. The number of para-hydroxylation sites is 2. The molecule has 3 unspecified atom stereocenters. The number of hydrogen-bond donors (Lipinski definition) is 0. The van der Waals surface area contributed by atoms with Crippen LogP contribution in [0.2, 0.25) is 0 Å². The van der Waals surface area contributed by atoms with E-state index >= 15 is 0 Å². The average molecular weight is 777 g/mol. The molecule has 3 atom stereocenters. The van der Waals surface area contributed by atoms with Crippen molar-refractivity contribution in [3.63, 3.8) is 0 Å². The van der Waals surface area contributed by atoms with Crippen molar-refractivity contribution in [2.75, 3.05) is 4.90 Å². The van der Waals surface area contributed by atoms with E-state index in [-0.39, 0.29) is 5.41 Å². The second-order valence-corrected chi connectivity index (χ2v) is 17.8. The predicted molar refractivity (Wildman–Crippen MR) is 255 cm³/mol. The molecule has 5 aliphatic rings. The van der Waals surface area contributed by atoms with E-state index in [1.165, 1.54) is 78.0 Å². The van der Waals surface area contributed by atoms with E-state index in [0.717, 1.165) is 38.5 Å². The summed E-state index contributed by atoms with van der Waals surface area (Å²) >= 11 is 0. The minimum Gasteiger partial charge on any atom is -0.315 e. The zero-order valence-corrected chi connectivity index (χ0v) is 34.8. The van der Waals surface area contributed by atoms with Crippen molar-refractivity contribution in [3.05, 3.63) is 227 Å². The van der Waals surface area contributed by atoms with E-state index < -0.39 is 0 Å². The smallest absolute Gasteiger partial charge is 0.0541 e. The van der Waals surface area contributed by atoms with Gasteiger partial charge in [-0.2, -0.15) is 0 Å². The topological polar surface area (TPSA) is 8.17 Å². The fourth-order valence-electron chi connectivity index (χ4n) is 11.0. The number of hydrogen-bond acceptors (Lipinski definition) is 1. The molecule has 2 heteroatoms. The van der Waals surface area contributed by atoms with Gasteiger partial charge in [0.25, 0.3) is 0 Å². The van der Waals surface area contributed by atoms with Gasteiger partial charge in [0.2, 0.25) is 0 Å². The van der Waals surface area contributed by atoms with E-state index in [0.29, 0.717) is 17.8 Å². The predicted octanol–water partition coefficient (Wildman–Crippen LogP) is 15.2. The fourth-order valence-corrected chi connectivity index (χ4v) is 11.0. The van der Waals surface area contributed by atoms with Gasteiger partial charge >= 0.3 is 0 Å². The summed E-state index contributed by atoms with van der Waals surface area (Å²) in [6, 6.07) is 43.2. The maximum absolute atomic E-state index is 2.56. The van der Waals surface area contributed by atoms with Crippen LogP contribution in [0.1, 0.15) is 92.0 Å². The van der Waals surface area contributed by atoms with E-state index in [4.69, 9.17) is 0 Å². The lowest BCUT2D eigenvalue weighted by Crippen LogP contribution is -2.24. The van der Waals surface area contributed by atoms with Crippen molar-refractivity contribution >= 4 is 38.6 Å². The first kappa shape index (κ1) is 36.7. The standard InChI is InChI=1S/C58H52N2/c1-58(2)53-37-35-48(34-36-51(53)57-49(22-14-23-54(57)58)43-17-8-4-9-18-43)59(46-30-25-41(26-31-46)40-15-6-3-7-16-40)47-32-27-42(28-33-47)44-29-38-56-52(39-44)50-21-12-13-24-55(50)60(56)45-19-10-5-11-20-45/h3,5-8,10-15,17-27,29-32,34-35,37-40,51,53H,4,9,16,28,33,36H2,1-2H3. The lowest BCUT2D eigenvalue weighted by atomic mass is 9.75. The zero-order chi connectivity index (χ0) is 40.2. The Morgan fingerprint density at radius 2 is 1.52 bits per heavy atom. The molecule has 6 aromatic rings. The Kier molecular flexibility index (Phi) is 9.18. The van der Waals surface area contributed by atoms with Crippen molar-refractivity contribution in [1.29, 1.82) is 0 Å². The number of nitrogens with zero attached hydrogens (tertiary/aromatic N) is 2. The van der Waals surface area contributed by atoms with Crippen LogP contribution in [0.15, 0.2) is 200 Å². The number of benzene rings is 5. The molecule has 60 heavy (non-hydrogen) atoms. The highest BCUT2D eigenvalue weighted by molar-refractivity contribution is 6.10. The first-order valence-electron chi connectivity index (χ1n) is 22.1. The van der Waals surface area contributed by atoms with E-state index in [1.807, 2.05) is 0 Å². The second kappa shape index (κ2) is 15.0. The van der Waals surface area contributed by atoms with Crippen molar-refractivity contribution in [1.82, 2.24) is 4.57 Å². The molecule has 11 rings (SSSR count). The Hall–Kier alpha value is -6.38. The zero-order valence-electron chi connectivity index (χ0n) is 34.8. The normalized spacial score (nSPS) is 21.5. The maximum Gasteiger partial charge on any atom is 0.0541 e. The number of rotatable bonds is 7. The van der Waals surface area contributed by atoms with Crippen molar-refractivity contribution in [2.24, 2.45) is 5.92 Å². The molecule has 0 bridgehead atoms. The van der Waals surface area contributed by atoms with Crippen LogP contribution in [-0.4, -0.2) is 4.57 Å². The first-order valence-corrected chi connectivity index (χ1v) is 22.1. The molecule has 294 valence electrons. The molecular formula is C58H52N2. The number of aromatic nitrogens is 1. The van der Waals surface area contributed by atoms with Gasteiger partial charge in [-0.15, -0.1) is 0 Å². The number of allylic oxidation sites excluding steroid dienone is 15. The summed E-state index contributed by atoms with van der Waals surface area (Å²) in [5.74, 6) is 1.28. The van der Waals surface area contributed by atoms with Gasteiger partial charge < -0.3 is 9.47 Å². The summed E-state index contributed by atoms with van der Waals surface area (Å²) in [7, 11) is 0. The van der Waals surface area contributed by atoms with Gasteiger partial charge in [0.05, 0.1) is 11.0 Å². The van der Waals surface area contributed by atoms with Gasteiger partial charge in [0.1, 0.15) is 0 Å². The van der Waals surface area contributed by atoms with Crippen molar-refractivity contribution in [2.45, 2.75) is 69.6 Å². The first-order chi connectivity index (χ1) is 29.5. The summed E-state index contributed by atoms with van der Waals surface area (Å²) in [6.07, 6.45) is 34.8. The Bertz CT molecular complexity index is 2900. The largest absolute Gasteiger partial charge is 0.315 e. The Morgan fingerprint density at radius 3 is 2.32 bits per heavy atom. The highest BCUT2D eigenvalue weighted by atomic mass is 15.2. The quantitative estimate of drug-likeness (QED) is 0.157. The van der Waals surface area contributed by atoms with Crippen LogP contribution < -0.4 is 4.90 Å². The molecule has 2 nitrogen and oxygen atoms in total. The molecule has 0 fully saturated rings. The van der Waals surface area contributed by atoms with Gasteiger partial charge in [-0.25, -0.2) is 0 Å². The molecular weight excluding hydrogens is 725 g/mol. The molecule has 0 radical (unpaired) electrons. The molecule has 1 heterocycles. The summed E-state index contributed by atoms with van der Waals surface area (Å²) in [5, 5.41) is 2.59. The van der Waals surface area contributed by atoms with E-state index in [2.05, 4.69) is 211 Å². The lowest BCUT2D eigenvalue weighted by Gasteiger charge is -2.31. The molecule has 0 amide bonds. The monoisotopic (exact) mass is 776 g/mol. The summed E-state index contributed by atoms with van der Waals surface area (Å²) in [6.45, 7) is 4.94. The molecule has 0 N–H and O–H groups in total. The molecule has 0 saturated heterocycles. The van der Waals surface area contributed by atoms with Gasteiger partial charge in [-0.1, -0.05) is 147 Å². The maximum atomic E-state index is 2.56. The third-order valence-corrected chi connectivity index (χ3v) is 14.1. The third kappa shape index (κ3) is 6.24. The lowest BCUT2D eigenvalue weighted by molar-refractivity contribution is 0.371. The third-order valence-electron chi connectivity index (χ3n) is 14.1. The molecule has 0 saturated carbocycles. The van der Waals surface area contributed by atoms with Crippen molar-refractivity contribution < 1.29 is 0 Å². The van der Waals surface area contributed by atoms with Crippen LogP contribution in [-0.2, 0) is 5.41 Å². The van der Waals surface area contributed by atoms with Crippen molar-refractivity contribution in [3.8, 4) is 5.69 Å². The van der Waals surface area contributed by atoms with Crippen LogP contribution in [0.3, 0.4) is 0 Å². The number of fused-ring (bicyclic) bond motifs is 6. The van der Waals surface area contributed by atoms with E-state index in [1.54, 1.807) is 5.56 Å². The Morgan fingerprint density at radius 1 is 0.667 bits per heavy atom. The second-order valence-electron chi connectivity index (χ2n) is 17.8. The SMILES string of the molecule is CC1(C)c2cccc(C3=CCCC=C3)c2C2CC=C(N(C3=CC=C(c4ccc5c(c4)c4ccccc4n5-c4ccccc4)CC3)c3ccc(C4C=CC=CC4)cc3)C=CC21. The Balaban J connectivity index is 0.974. The van der Waals surface area contributed by atoms with Gasteiger partial charge in [-0.3, -0.25) is 0 Å². The Labute approximate surface area is 355 Å². The highest BCUT2D eigenvalue weighted by Crippen LogP contribution is 2.56. The fraction of sp³-hybridized carbons (Fsp3) is 0.207. The summed E-state index contributed by atoms with van der Waals surface area (Å²) < 4.78 is 2.40. The number of anilines is 1. The molecule has 0 aliphatic heterocycles. The van der Waals surface area contributed by atoms with E-state index in [9.17, 15) is 0 Å². The van der Waals surface area contributed by atoms with Crippen LogP contribution in [0.25, 0.3) is 38.6 Å². The van der Waals surface area contributed by atoms with Gasteiger partial charge in [0, 0.05) is 39.5 Å². The van der Waals surface area contributed by atoms with Gasteiger partial charge in [0.15, 0.2) is 0 Å². The summed E-state index contributed by atoms with van der Waals surface area (Å²) in [4.78, 5) is 2.56. The van der Waals surface area contributed by atoms with Crippen LogP contribution in [0.5, 0.6) is 0 Å². The van der Waals surface area contributed by atoms with Crippen LogP contribution in [0, 0.1) is 5.92 Å². The van der Waals surface area contributed by atoms with Crippen LogP contribution >= 0.6 is 0 Å². The molecule has 5 aromatic carbocycles. The summed E-state index contributed by atoms with van der Waals surface area (Å²) in [5.41, 5.74) is 17.6. The molecule has 0 spiro atoms. The van der Waals surface area contributed by atoms with Gasteiger partial charge in [-0.05, 0) is 149 Å². The average Bonchev–Trinajstić information content (AvgIpc) is 3.63. The minimum absolute atomic E-state index is 0.0411. The molecule has 5 aliphatic carbocycles. The minimum atomic E-state index is 0.0411. The highest BCUT2D eigenvalue weighted by Gasteiger charge is 2.46.